The van der Waals surface area contributed by atoms with Crippen LogP contribution in [0.15, 0.2) is 34.2 Å². The number of benzene rings is 1. The van der Waals surface area contributed by atoms with Crippen molar-refractivity contribution < 1.29 is 14.3 Å². The van der Waals surface area contributed by atoms with Crippen LogP contribution in [0.3, 0.4) is 0 Å². The highest BCUT2D eigenvalue weighted by Crippen LogP contribution is 2.36. The van der Waals surface area contributed by atoms with E-state index in [1.165, 1.54) is 16.6 Å². The first-order valence-corrected chi connectivity index (χ1v) is 12.5. The van der Waals surface area contributed by atoms with E-state index in [0.29, 0.717) is 24.1 Å². The maximum absolute atomic E-state index is 13.7. The molecule has 0 spiro atoms. The fourth-order valence-corrected chi connectivity index (χ4v) is 6.07. The Morgan fingerprint density at radius 1 is 1.31 bits per heavy atom. The number of nitrogens with one attached hydrogen (secondary N) is 1. The Hall–Kier alpha value is -2.36. The van der Waals surface area contributed by atoms with Gasteiger partial charge in [-0.2, -0.15) is 0 Å². The molecule has 32 heavy (non-hydrogen) atoms. The summed E-state index contributed by atoms with van der Waals surface area (Å²) in [7, 11) is 1.60. The summed E-state index contributed by atoms with van der Waals surface area (Å²) in [4.78, 5) is 32.9. The molecule has 9 heteroatoms. The fourth-order valence-electron chi connectivity index (χ4n) is 3.95. The molecule has 0 fully saturated rings. The molecule has 170 valence electrons. The van der Waals surface area contributed by atoms with Gasteiger partial charge in [-0.25, -0.2) is 4.98 Å². The van der Waals surface area contributed by atoms with Crippen LogP contribution in [-0.4, -0.2) is 47.6 Å². The topological polar surface area (TPSA) is 82.4 Å². The molecule has 3 aromatic rings. The predicted molar refractivity (Wildman–Crippen MR) is 129 cm³/mol. The van der Waals surface area contributed by atoms with Gasteiger partial charge in [-0.15, -0.1) is 11.3 Å². The number of fused-ring (bicyclic) bond motifs is 3. The Balaban J connectivity index is 1.71. The molecule has 1 aliphatic rings. The van der Waals surface area contributed by atoms with Crippen LogP contribution in [0.1, 0.15) is 30.7 Å². The van der Waals surface area contributed by atoms with Gasteiger partial charge in [-0.05, 0) is 62.9 Å². The first kappa shape index (κ1) is 22.8. The number of nitrogens with zero attached hydrogens (tertiary/aromatic N) is 2. The van der Waals surface area contributed by atoms with Gasteiger partial charge in [0.15, 0.2) is 5.16 Å². The van der Waals surface area contributed by atoms with Gasteiger partial charge in [0, 0.05) is 18.0 Å². The molecule has 0 saturated heterocycles. The van der Waals surface area contributed by atoms with E-state index in [1.807, 2.05) is 38.1 Å². The summed E-state index contributed by atoms with van der Waals surface area (Å²) in [6, 6.07) is 7.33. The third kappa shape index (κ3) is 4.69. The summed E-state index contributed by atoms with van der Waals surface area (Å²) in [5.74, 6) is 0.782. The van der Waals surface area contributed by atoms with Crippen molar-refractivity contribution in [3.8, 4) is 11.4 Å². The second-order valence-corrected chi connectivity index (χ2v) is 9.74. The molecule has 1 aliphatic carbocycles. The van der Waals surface area contributed by atoms with Crippen molar-refractivity contribution >= 4 is 39.2 Å². The zero-order chi connectivity index (χ0) is 22.7. The first-order chi connectivity index (χ1) is 15.5. The number of hydrogen-bond acceptors (Lipinski definition) is 7. The van der Waals surface area contributed by atoms with Crippen LogP contribution in [0.2, 0.25) is 0 Å². The van der Waals surface area contributed by atoms with Crippen LogP contribution in [0, 0.1) is 0 Å². The van der Waals surface area contributed by atoms with E-state index >= 15 is 0 Å². The third-order valence-corrected chi connectivity index (χ3v) is 7.39. The minimum atomic E-state index is -0.124. The summed E-state index contributed by atoms with van der Waals surface area (Å²) < 4.78 is 12.2. The third-order valence-electron chi connectivity index (χ3n) is 5.27. The average Bonchev–Trinajstić information content (AvgIpc) is 3.34. The summed E-state index contributed by atoms with van der Waals surface area (Å²) in [6.07, 6.45) is 3.00. The number of carbonyl (C=O) groups is 1. The molecule has 1 aromatic carbocycles. The lowest BCUT2D eigenvalue weighted by atomic mass is 10.2. The zero-order valence-corrected chi connectivity index (χ0v) is 20.1. The predicted octanol–water partition coefficient (Wildman–Crippen LogP) is 3.58. The molecule has 1 amide bonds. The van der Waals surface area contributed by atoms with Gasteiger partial charge < -0.3 is 14.8 Å². The van der Waals surface area contributed by atoms with Crippen LogP contribution in [-0.2, 0) is 22.4 Å². The number of amides is 1. The number of hydrogen-bond donors (Lipinski definition) is 1. The quantitative estimate of drug-likeness (QED) is 0.378. The standard InChI is InChI=1S/C23H27N3O4S2/c1-4-30-16-10-8-15(9-11-16)26-22(28)20-17-6-5-7-18(17)32-21(20)25-23(26)31-13-19(27)24-14(2)12-29-3/h8-11,14H,4-7,12-13H2,1-3H3,(H,24,27). The van der Waals surface area contributed by atoms with Gasteiger partial charge >= 0.3 is 0 Å². The molecule has 2 heterocycles. The van der Waals surface area contributed by atoms with Crippen LogP contribution >= 0.6 is 23.1 Å². The normalized spacial score (nSPS) is 13.8. The van der Waals surface area contributed by atoms with Crippen molar-refractivity contribution in [1.29, 1.82) is 0 Å². The van der Waals surface area contributed by atoms with E-state index in [-0.39, 0.29) is 23.3 Å². The molecule has 0 radical (unpaired) electrons. The van der Waals surface area contributed by atoms with Crippen LogP contribution < -0.4 is 15.6 Å². The van der Waals surface area contributed by atoms with E-state index in [0.717, 1.165) is 40.8 Å². The Morgan fingerprint density at radius 3 is 2.81 bits per heavy atom. The van der Waals surface area contributed by atoms with Crippen molar-refractivity contribution in [3.63, 3.8) is 0 Å². The lowest BCUT2D eigenvalue weighted by Crippen LogP contribution is -2.36. The Bertz CT molecular complexity index is 1170. The van der Waals surface area contributed by atoms with Crippen LogP contribution in [0.4, 0.5) is 0 Å². The van der Waals surface area contributed by atoms with Gasteiger partial charge in [-0.1, -0.05) is 11.8 Å². The van der Waals surface area contributed by atoms with Crippen LogP contribution in [0.5, 0.6) is 5.75 Å². The second kappa shape index (κ2) is 10.1. The van der Waals surface area contributed by atoms with Crippen molar-refractivity contribution in [2.24, 2.45) is 0 Å². The van der Waals surface area contributed by atoms with E-state index in [9.17, 15) is 9.59 Å². The zero-order valence-electron chi connectivity index (χ0n) is 18.5. The summed E-state index contributed by atoms with van der Waals surface area (Å²) in [6.45, 7) is 4.84. The van der Waals surface area contributed by atoms with Crippen molar-refractivity contribution in [3.05, 3.63) is 45.1 Å². The maximum Gasteiger partial charge on any atom is 0.267 e. The molecule has 0 bridgehead atoms. The monoisotopic (exact) mass is 473 g/mol. The number of ether oxygens (including phenoxy) is 2. The molecule has 2 aromatic heterocycles. The number of thiophene rings is 1. The van der Waals surface area contributed by atoms with E-state index in [2.05, 4.69) is 5.32 Å². The maximum atomic E-state index is 13.7. The molecule has 7 nitrogen and oxygen atoms in total. The summed E-state index contributed by atoms with van der Waals surface area (Å²) in [5, 5.41) is 4.14. The Kier molecular flexibility index (Phi) is 7.17. The van der Waals surface area contributed by atoms with Gasteiger partial charge in [0.25, 0.3) is 5.56 Å². The highest BCUT2D eigenvalue weighted by Gasteiger charge is 2.24. The molecule has 1 atom stereocenters. The van der Waals surface area contributed by atoms with E-state index in [4.69, 9.17) is 14.5 Å². The summed E-state index contributed by atoms with van der Waals surface area (Å²) in [5.41, 5.74) is 1.78. The number of carbonyl (C=O) groups excluding carboxylic acids is 1. The van der Waals surface area contributed by atoms with Gasteiger partial charge in [0.1, 0.15) is 10.6 Å². The molecule has 4 rings (SSSR count). The van der Waals surface area contributed by atoms with Gasteiger partial charge in [-0.3, -0.25) is 14.2 Å². The van der Waals surface area contributed by atoms with Crippen molar-refractivity contribution in [2.45, 2.75) is 44.3 Å². The van der Waals surface area contributed by atoms with Crippen molar-refractivity contribution in [1.82, 2.24) is 14.9 Å². The lowest BCUT2D eigenvalue weighted by molar-refractivity contribution is -0.119. The minimum absolute atomic E-state index is 0.0748. The molecule has 0 saturated carbocycles. The number of rotatable bonds is 9. The van der Waals surface area contributed by atoms with Crippen LogP contribution in [0.25, 0.3) is 15.9 Å². The number of aromatic nitrogens is 2. The molecule has 1 N–H and O–H groups in total. The fraction of sp³-hybridized carbons (Fsp3) is 0.435. The molecule has 1 unspecified atom stereocenters. The van der Waals surface area contributed by atoms with Crippen molar-refractivity contribution in [2.75, 3.05) is 26.1 Å². The number of aryl methyl sites for hydroxylation is 2. The van der Waals surface area contributed by atoms with Gasteiger partial charge in [0.2, 0.25) is 5.91 Å². The Morgan fingerprint density at radius 2 is 2.09 bits per heavy atom. The number of methoxy groups -OCH3 is 1. The average molecular weight is 474 g/mol. The molecular formula is C23H27N3O4S2. The smallest absolute Gasteiger partial charge is 0.267 e. The largest absolute Gasteiger partial charge is 0.494 e. The SMILES string of the molecule is CCOc1ccc(-n2c(SCC(=O)NC(C)COC)nc3sc4c(c3c2=O)CCC4)cc1. The molecular weight excluding hydrogens is 446 g/mol. The molecule has 0 aliphatic heterocycles. The lowest BCUT2D eigenvalue weighted by Gasteiger charge is -2.15. The van der Waals surface area contributed by atoms with E-state index < -0.39 is 0 Å². The number of thioether (sulfide) groups is 1. The van der Waals surface area contributed by atoms with Gasteiger partial charge in [0.05, 0.1) is 30.0 Å². The van der Waals surface area contributed by atoms with E-state index in [1.54, 1.807) is 23.0 Å². The highest BCUT2D eigenvalue weighted by molar-refractivity contribution is 7.99. The Labute approximate surface area is 195 Å². The minimum Gasteiger partial charge on any atom is -0.494 e. The highest BCUT2D eigenvalue weighted by atomic mass is 32.2. The summed E-state index contributed by atoms with van der Waals surface area (Å²) >= 11 is 2.87. The first-order valence-electron chi connectivity index (χ1n) is 10.7. The second-order valence-electron chi connectivity index (χ2n) is 7.71.